The summed E-state index contributed by atoms with van der Waals surface area (Å²) < 4.78 is 15.4. The number of ether oxygens (including phenoxy) is 3. The Hall–Kier alpha value is -0.960. The van der Waals surface area contributed by atoms with E-state index in [4.69, 9.17) is 14.2 Å². The molecule has 12 heavy (non-hydrogen) atoms. The Kier molecular flexibility index (Phi) is 3.17. The van der Waals surface area contributed by atoms with Gasteiger partial charge in [0, 0.05) is 19.6 Å². The zero-order chi connectivity index (χ0) is 8.97. The molecule has 1 rings (SSSR count). The standard InChI is InChI=1S/C9H14O3/c1-10-7-4-8(11-2)6-9(5-7)12-3/h4-5,8H,6H2,1-3H3. The maximum absolute atomic E-state index is 5.18. The molecule has 0 aromatic heterocycles. The molecule has 0 aliphatic heterocycles. The molecule has 1 atom stereocenters. The van der Waals surface area contributed by atoms with Gasteiger partial charge in [0.05, 0.1) is 20.3 Å². The first-order valence-corrected chi connectivity index (χ1v) is 3.83. The molecule has 0 fully saturated rings. The Morgan fingerprint density at radius 3 is 2.50 bits per heavy atom. The van der Waals surface area contributed by atoms with Crippen molar-refractivity contribution in [1.29, 1.82) is 0 Å². The number of rotatable bonds is 3. The highest BCUT2D eigenvalue weighted by Gasteiger charge is 2.15. The van der Waals surface area contributed by atoms with Crippen LogP contribution in [0, 0.1) is 0 Å². The van der Waals surface area contributed by atoms with Gasteiger partial charge in [0.25, 0.3) is 0 Å². The van der Waals surface area contributed by atoms with Crippen LogP contribution in [0.5, 0.6) is 0 Å². The highest BCUT2D eigenvalue weighted by molar-refractivity contribution is 5.22. The molecule has 0 saturated carbocycles. The Balaban J connectivity index is 2.70. The fraction of sp³-hybridized carbons (Fsp3) is 0.556. The maximum atomic E-state index is 5.18. The lowest BCUT2D eigenvalue weighted by Crippen LogP contribution is -2.14. The summed E-state index contributed by atoms with van der Waals surface area (Å²) in [5.74, 6) is 1.69. The van der Waals surface area contributed by atoms with E-state index < -0.39 is 0 Å². The van der Waals surface area contributed by atoms with Crippen LogP contribution in [0.4, 0.5) is 0 Å². The van der Waals surface area contributed by atoms with Gasteiger partial charge >= 0.3 is 0 Å². The van der Waals surface area contributed by atoms with E-state index in [1.54, 1.807) is 21.3 Å². The van der Waals surface area contributed by atoms with Crippen molar-refractivity contribution >= 4 is 0 Å². The third-order valence-electron chi connectivity index (χ3n) is 1.86. The third kappa shape index (κ3) is 2.01. The average Bonchev–Trinajstić information content (AvgIpc) is 2.16. The normalized spacial score (nSPS) is 22.8. The van der Waals surface area contributed by atoms with Crippen LogP contribution in [-0.2, 0) is 14.2 Å². The molecular weight excluding hydrogens is 156 g/mol. The van der Waals surface area contributed by atoms with Crippen molar-refractivity contribution < 1.29 is 14.2 Å². The van der Waals surface area contributed by atoms with Gasteiger partial charge in [-0.05, 0) is 6.08 Å². The fourth-order valence-electron chi connectivity index (χ4n) is 1.13. The zero-order valence-corrected chi connectivity index (χ0v) is 7.66. The molecule has 0 aromatic rings. The largest absolute Gasteiger partial charge is 0.501 e. The van der Waals surface area contributed by atoms with Gasteiger partial charge in [-0.2, -0.15) is 0 Å². The Labute approximate surface area is 72.6 Å². The van der Waals surface area contributed by atoms with E-state index in [1.165, 1.54) is 0 Å². The molecule has 1 aliphatic carbocycles. The number of methoxy groups -OCH3 is 3. The minimum atomic E-state index is 0.0694. The Morgan fingerprint density at radius 1 is 1.25 bits per heavy atom. The minimum Gasteiger partial charge on any atom is -0.501 e. The van der Waals surface area contributed by atoms with Crippen molar-refractivity contribution in [2.24, 2.45) is 0 Å². The highest BCUT2D eigenvalue weighted by Crippen LogP contribution is 2.20. The first-order valence-electron chi connectivity index (χ1n) is 3.83. The molecule has 3 heteroatoms. The van der Waals surface area contributed by atoms with Gasteiger partial charge in [-0.25, -0.2) is 0 Å². The third-order valence-corrected chi connectivity index (χ3v) is 1.86. The van der Waals surface area contributed by atoms with Gasteiger partial charge in [0.1, 0.15) is 11.5 Å². The van der Waals surface area contributed by atoms with Crippen LogP contribution in [0.15, 0.2) is 23.7 Å². The molecular formula is C9H14O3. The lowest BCUT2D eigenvalue weighted by atomic mass is 10.1. The summed E-state index contributed by atoms with van der Waals surface area (Å²) in [5, 5.41) is 0. The van der Waals surface area contributed by atoms with E-state index >= 15 is 0 Å². The van der Waals surface area contributed by atoms with Crippen molar-refractivity contribution in [3.05, 3.63) is 23.7 Å². The summed E-state index contributed by atoms with van der Waals surface area (Å²) >= 11 is 0. The molecule has 0 saturated heterocycles. The number of hydrogen-bond donors (Lipinski definition) is 0. The fourth-order valence-corrected chi connectivity index (χ4v) is 1.13. The van der Waals surface area contributed by atoms with Gasteiger partial charge in [-0.3, -0.25) is 0 Å². The first-order chi connectivity index (χ1) is 5.80. The number of hydrogen-bond acceptors (Lipinski definition) is 3. The predicted molar refractivity (Wildman–Crippen MR) is 45.6 cm³/mol. The highest BCUT2D eigenvalue weighted by atomic mass is 16.5. The monoisotopic (exact) mass is 170 g/mol. The molecule has 0 radical (unpaired) electrons. The molecule has 1 aliphatic rings. The molecule has 0 bridgehead atoms. The molecule has 1 unspecified atom stereocenters. The van der Waals surface area contributed by atoms with Crippen LogP contribution in [0.25, 0.3) is 0 Å². The van der Waals surface area contributed by atoms with Crippen LogP contribution in [0.1, 0.15) is 6.42 Å². The predicted octanol–water partition coefficient (Wildman–Crippen LogP) is 1.47. The van der Waals surface area contributed by atoms with Crippen molar-refractivity contribution in [2.75, 3.05) is 21.3 Å². The molecule has 0 spiro atoms. The quantitative estimate of drug-likeness (QED) is 0.642. The van der Waals surface area contributed by atoms with Gasteiger partial charge in [-0.15, -0.1) is 0 Å². The summed E-state index contributed by atoms with van der Waals surface area (Å²) in [4.78, 5) is 0. The van der Waals surface area contributed by atoms with Gasteiger partial charge < -0.3 is 14.2 Å². The van der Waals surface area contributed by atoms with Gasteiger partial charge in [0.15, 0.2) is 0 Å². The lowest BCUT2D eigenvalue weighted by molar-refractivity contribution is 0.114. The van der Waals surface area contributed by atoms with E-state index in [1.807, 2.05) is 12.2 Å². The van der Waals surface area contributed by atoms with E-state index in [0.717, 1.165) is 17.9 Å². The first kappa shape index (κ1) is 9.13. The summed E-state index contributed by atoms with van der Waals surface area (Å²) in [6, 6.07) is 0. The van der Waals surface area contributed by atoms with Crippen LogP contribution in [0.2, 0.25) is 0 Å². The van der Waals surface area contributed by atoms with E-state index in [2.05, 4.69) is 0 Å². The lowest BCUT2D eigenvalue weighted by Gasteiger charge is -2.18. The smallest absolute Gasteiger partial charge is 0.120 e. The summed E-state index contributed by atoms with van der Waals surface area (Å²) in [5.41, 5.74) is 0. The second-order valence-electron chi connectivity index (χ2n) is 2.57. The zero-order valence-electron chi connectivity index (χ0n) is 7.66. The van der Waals surface area contributed by atoms with Crippen LogP contribution < -0.4 is 0 Å². The molecule has 0 N–H and O–H groups in total. The minimum absolute atomic E-state index is 0.0694. The second-order valence-corrected chi connectivity index (χ2v) is 2.57. The molecule has 68 valence electrons. The Bertz CT molecular complexity index is 206. The summed E-state index contributed by atoms with van der Waals surface area (Å²) in [6.45, 7) is 0. The topological polar surface area (TPSA) is 27.7 Å². The Morgan fingerprint density at radius 2 is 2.00 bits per heavy atom. The van der Waals surface area contributed by atoms with Crippen LogP contribution >= 0.6 is 0 Å². The van der Waals surface area contributed by atoms with Crippen molar-refractivity contribution in [3.8, 4) is 0 Å². The summed E-state index contributed by atoms with van der Waals surface area (Å²) in [7, 11) is 4.96. The van der Waals surface area contributed by atoms with Crippen molar-refractivity contribution in [3.63, 3.8) is 0 Å². The molecule has 0 heterocycles. The van der Waals surface area contributed by atoms with Crippen molar-refractivity contribution in [2.45, 2.75) is 12.5 Å². The van der Waals surface area contributed by atoms with Crippen molar-refractivity contribution in [1.82, 2.24) is 0 Å². The van der Waals surface area contributed by atoms with Gasteiger partial charge in [0.2, 0.25) is 0 Å². The molecule has 3 nitrogen and oxygen atoms in total. The van der Waals surface area contributed by atoms with Crippen LogP contribution in [-0.4, -0.2) is 27.4 Å². The van der Waals surface area contributed by atoms with Gasteiger partial charge in [-0.1, -0.05) is 0 Å². The van der Waals surface area contributed by atoms with E-state index in [-0.39, 0.29) is 6.10 Å². The SMILES string of the molecule is COC1=CC(OC)CC(OC)=C1. The molecule has 0 aromatic carbocycles. The molecule has 0 amide bonds. The van der Waals surface area contributed by atoms with E-state index in [9.17, 15) is 0 Å². The maximum Gasteiger partial charge on any atom is 0.120 e. The number of allylic oxidation sites excluding steroid dienone is 1. The second kappa shape index (κ2) is 4.16. The summed E-state index contributed by atoms with van der Waals surface area (Å²) in [6.07, 6.45) is 4.65. The average molecular weight is 170 g/mol. The van der Waals surface area contributed by atoms with E-state index in [0.29, 0.717) is 0 Å². The van der Waals surface area contributed by atoms with Crippen LogP contribution in [0.3, 0.4) is 0 Å².